The van der Waals surface area contributed by atoms with Crippen molar-refractivity contribution in [3.8, 4) is 0 Å². The third-order valence-corrected chi connectivity index (χ3v) is 5.47. The van der Waals surface area contributed by atoms with E-state index in [1.165, 1.54) is 13.0 Å². The van der Waals surface area contributed by atoms with E-state index >= 15 is 0 Å². The number of hydrogen-bond donors (Lipinski definition) is 1. The van der Waals surface area contributed by atoms with Crippen LogP contribution in [0, 0.1) is 17.8 Å². The number of carbonyl (C=O) groups is 3. The van der Waals surface area contributed by atoms with Crippen LogP contribution >= 0.6 is 0 Å². The maximum atomic E-state index is 12.5. The smallest absolute Gasteiger partial charge is 0.334 e. The molecule has 0 aromatic rings. The Morgan fingerprint density at radius 2 is 2.04 bits per heavy atom. The van der Waals surface area contributed by atoms with Gasteiger partial charge in [-0.15, -0.1) is 0 Å². The summed E-state index contributed by atoms with van der Waals surface area (Å²) >= 11 is 0. The Balaban J connectivity index is 2.07. The summed E-state index contributed by atoms with van der Waals surface area (Å²) in [4.78, 5) is 36.6. The maximum Gasteiger partial charge on any atom is 0.334 e. The summed E-state index contributed by atoms with van der Waals surface area (Å²) in [6.45, 7) is 12.2. The van der Waals surface area contributed by atoms with Crippen molar-refractivity contribution in [2.75, 3.05) is 0 Å². The molecule has 1 aliphatic heterocycles. The molecule has 6 nitrogen and oxygen atoms in total. The average Bonchev–Trinajstić information content (AvgIpc) is 2.91. The van der Waals surface area contributed by atoms with Gasteiger partial charge in [0.2, 0.25) is 0 Å². The molecule has 0 radical (unpaired) electrons. The monoisotopic (exact) mass is 346 g/mol. The SMILES string of the molecule is C=C(C)C(=O)O[C@H]1C[C@](C)(O)[C@H]2C(=O)C=C(C)[C@H]2[C@@H]2OC(=O)C(=C)[C@H]21. The first-order valence-electron chi connectivity index (χ1n) is 8.25. The van der Waals surface area contributed by atoms with Gasteiger partial charge in [-0.1, -0.05) is 18.7 Å². The highest BCUT2D eigenvalue weighted by atomic mass is 16.6. The van der Waals surface area contributed by atoms with Crippen LogP contribution in [0.1, 0.15) is 27.2 Å². The van der Waals surface area contributed by atoms with Crippen molar-refractivity contribution in [2.45, 2.75) is 45.0 Å². The van der Waals surface area contributed by atoms with Gasteiger partial charge in [0.05, 0.1) is 17.4 Å². The normalized spacial score (nSPS) is 39.9. The molecule has 2 aliphatic carbocycles. The van der Waals surface area contributed by atoms with E-state index in [1.54, 1.807) is 13.8 Å². The number of ketones is 1. The van der Waals surface area contributed by atoms with Gasteiger partial charge in [-0.2, -0.15) is 0 Å². The Morgan fingerprint density at radius 3 is 2.64 bits per heavy atom. The zero-order chi connectivity index (χ0) is 18.7. The molecule has 6 heteroatoms. The van der Waals surface area contributed by atoms with Crippen LogP contribution in [0.4, 0.5) is 0 Å². The van der Waals surface area contributed by atoms with Crippen molar-refractivity contribution in [1.82, 2.24) is 0 Å². The average molecular weight is 346 g/mol. The van der Waals surface area contributed by atoms with Crippen molar-refractivity contribution in [2.24, 2.45) is 17.8 Å². The molecule has 0 amide bonds. The topological polar surface area (TPSA) is 89.9 Å². The van der Waals surface area contributed by atoms with Crippen molar-refractivity contribution in [3.05, 3.63) is 36.0 Å². The second-order valence-corrected chi connectivity index (χ2v) is 7.50. The van der Waals surface area contributed by atoms with E-state index in [0.717, 1.165) is 5.57 Å². The van der Waals surface area contributed by atoms with Crippen LogP contribution in [0.5, 0.6) is 0 Å². The largest absolute Gasteiger partial charge is 0.458 e. The summed E-state index contributed by atoms with van der Waals surface area (Å²) in [6.07, 6.45) is -0.00804. The molecular formula is C19H22O6. The number of aliphatic hydroxyl groups is 1. The zero-order valence-corrected chi connectivity index (χ0v) is 14.6. The Labute approximate surface area is 146 Å². The summed E-state index contributed by atoms with van der Waals surface area (Å²) in [5.74, 6) is -3.18. The summed E-state index contributed by atoms with van der Waals surface area (Å²) in [5, 5.41) is 11.0. The number of ether oxygens (including phenoxy) is 2. The molecule has 0 aromatic carbocycles. The third kappa shape index (κ3) is 2.65. The number of hydrogen-bond acceptors (Lipinski definition) is 6. The molecule has 1 saturated heterocycles. The van der Waals surface area contributed by atoms with E-state index in [0.29, 0.717) is 0 Å². The molecule has 1 N–H and O–H groups in total. The Hall–Kier alpha value is -2.21. The van der Waals surface area contributed by atoms with Gasteiger partial charge in [-0.3, -0.25) is 4.79 Å². The lowest BCUT2D eigenvalue weighted by atomic mass is 9.76. The number of esters is 2. The molecule has 3 aliphatic rings. The molecule has 3 rings (SSSR count). The predicted molar refractivity (Wildman–Crippen MR) is 88.2 cm³/mol. The van der Waals surface area contributed by atoms with Gasteiger partial charge < -0.3 is 14.6 Å². The fraction of sp³-hybridized carbons (Fsp3) is 0.526. The molecule has 6 atom stereocenters. The van der Waals surface area contributed by atoms with Crippen LogP contribution < -0.4 is 0 Å². The molecule has 0 unspecified atom stereocenters. The fourth-order valence-electron chi connectivity index (χ4n) is 4.35. The lowest BCUT2D eigenvalue weighted by molar-refractivity contribution is -0.150. The van der Waals surface area contributed by atoms with Crippen LogP contribution in [0.25, 0.3) is 0 Å². The summed E-state index contributed by atoms with van der Waals surface area (Å²) in [5.41, 5.74) is -0.246. The molecule has 25 heavy (non-hydrogen) atoms. The zero-order valence-electron chi connectivity index (χ0n) is 14.6. The first-order valence-corrected chi connectivity index (χ1v) is 8.25. The molecule has 1 saturated carbocycles. The summed E-state index contributed by atoms with van der Waals surface area (Å²) in [6, 6.07) is 0. The first-order chi connectivity index (χ1) is 11.5. The highest BCUT2D eigenvalue weighted by Gasteiger charge is 2.61. The van der Waals surface area contributed by atoms with Gasteiger partial charge >= 0.3 is 11.9 Å². The highest BCUT2D eigenvalue weighted by Crippen LogP contribution is 2.51. The summed E-state index contributed by atoms with van der Waals surface area (Å²) < 4.78 is 11.0. The van der Waals surface area contributed by atoms with Gasteiger partial charge in [-0.25, -0.2) is 9.59 Å². The quantitative estimate of drug-likeness (QED) is 0.602. The van der Waals surface area contributed by atoms with Crippen LogP contribution in [0.3, 0.4) is 0 Å². The van der Waals surface area contributed by atoms with Gasteiger partial charge in [0.25, 0.3) is 0 Å². The number of rotatable bonds is 2. The fourth-order valence-corrected chi connectivity index (χ4v) is 4.35. The van der Waals surface area contributed by atoms with E-state index < -0.39 is 47.5 Å². The minimum Gasteiger partial charge on any atom is -0.458 e. The van der Waals surface area contributed by atoms with Crippen molar-refractivity contribution in [3.63, 3.8) is 0 Å². The van der Waals surface area contributed by atoms with E-state index in [9.17, 15) is 19.5 Å². The predicted octanol–water partition coefficient (Wildman–Crippen LogP) is 1.49. The highest BCUT2D eigenvalue weighted by molar-refractivity contribution is 5.97. The molecule has 134 valence electrons. The molecule has 0 spiro atoms. The van der Waals surface area contributed by atoms with Crippen LogP contribution in [0.2, 0.25) is 0 Å². The summed E-state index contributed by atoms with van der Waals surface area (Å²) in [7, 11) is 0. The lowest BCUT2D eigenvalue weighted by Crippen LogP contribution is -2.44. The van der Waals surface area contributed by atoms with E-state index in [1.807, 2.05) is 0 Å². The molecule has 1 heterocycles. The van der Waals surface area contributed by atoms with Crippen molar-refractivity contribution < 1.29 is 29.0 Å². The lowest BCUT2D eigenvalue weighted by Gasteiger charge is -2.33. The van der Waals surface area contributed by atoms with Gasteiger partial charge in [-0.05, 0) is 26.8 Å². The second kappa shape index (κ2) is 5.66. The molecular weight excluding hydrogens is 324 g/mol. The molecule has 0 bridgehead atoms. The third-order valence-electron chi connectivity index (χ3n) is 5.47. The van der Waals surface area contributed by atoms with Crippen LogP contribution in [-0.4, -0.2) is 40.6 Å². The van der Waals surface area contributed by atoms with Crippen molar-refractivity contribution >= 4 is 17.7 Å². The van der Waals surface area contributed by atoms with Gasteiger partial charge in [0.1, 0.15) is 12.2 Å². The van der Waals surface area contributed by atoms with Gasteiger partial charge in [0, 0.05) is 23.5 Å². The molecule has 0 aromatic heterocycles. The Kier molecular flexibility index (Phi) is 3.99. The number of carbonyl (C=O) groups excluding carboxylic acids is 3. The van der Waals surface area contributed by atoms with Crippen LogP contribution in [-0.2, 0) is 23.9 Å². The standard InChI is InChI=1S/C19H22O6/c1-8(2)17(21)24-12-7-19(5,23)15-11(20)6-9(3)13(15)16-14(12)10(4)18(22)25-16/h6,12-16,23H,1,4,7H2,2-3,5H3/t12-,13+,14-,15-,16-,19-/m0/s1. The number of allylic oxidation sites excluding steroid dienone is 1. The van der Waals surface area contributed by atoms with Crippen molar-refractivity contribution in [1.29, 1.82) is 0 Å². The van der Waals surface area contributed by atoms with E-state index in [4.69, 9.17) is 9.47 Å². The minimum absolute atomic E-state index is 0.0108. The minimum atomic E-state index is -1.41. The van der Waals surface area contributed by atoms with E-state index in [-0.39, 0.29) is 23.4 Å². The second-order valence-electron chi connectivity index (χ2n) is 7.50. The van der Waals surface area contributed by atoms with Gasteiger partial charge in [0.15, 0.2) is 5.78 Å². The van der Waals surface area contributed by atoms with E-state index in [2.05, 4.69) is 13.2 Å². The Morgan fingerprint density at radius 1 is 1.40 bits per heavy atom. The maximum absolute atomic E-state index is 12.5. The Bertz CT molecular complexity index is 728. The number of fused-ring (bicyclic) bond motifs is 3. The first kappa shape index (κ1) is 17.6. The van der Waals surface area contributed by atoms with Crippen LogP contribution in [0.15, 0.2) is 36.0 Å². The molecule has 2 fully saturated rings.